The van der Waals surface area contributed by atoms with Gasteiger partial charge in [-0.1, -0.05) is 72.8 Å². The van der Waals surface area contributed by atoms with Crippen LogP contribution in [0.15, 0.2) is 72.8 Å². The third-order valence-corrected chi connectivity index (χ3v) is 4.70. The Morgan fingerprint density at radius 1 is 0.929 bits per heavy atom. The number of carbonyl (C=O) groups is 2. The molecule has 0 spiro atoms. The summed E-state index contributed by atoms with van der Waals surface area (Å²) in [5.74, 6) is -0.671. The van der Waals surface area contributed by atoms with Crippen LogP contribution in [0.2, 0.25) is 0 Å². The summed E-state index contributed by atoms with van der Waals surface area (Å²) >= 11 is 0. The monoisotopic (exact) mass is 375 g/mol. The van der Waals surface area contributed by atoms with Crippen molar-refractivity contribution in [3.05, 3.63) is 83.9 Å². The fraction of sp³-hybridized carbons (Fsp3) is 0.250. The average molecular weight is 375 g/mol. The van der Waals surface area contributed by atoms with Crippen molar-refractivity contribution < 1.29 is 14.3 Å². The molecule has 0 radical (unpaired) electrons. The second-order valence-electron chi connectivity index (χ2n) is 6.97. The third kappa shape index (κ3) is 5.68. The van der Waals surface area contributed by atoms with E-state index in [1.807, 2.05) is 67.6 Å². The number of hydrogen-bond acceptors (Lipinski definition) is 3. The molecule has 4 nitrogen and oxygen atoms in total. The predicted octanol–water partition coefficient (Wildman–Crippen LogP) is 4.06. The highest BCUT2D eigenvalue weighted by molar-refractivity contribution is 5.89. The molecule has 3 aromatic carbocycles. The van der Waals surface area contributed by atoms with Crippen molar-refractivity contribution in [2.24, 2.45) is 0 Å². The minimum atomic E-state index is -0.400. The van der Waals surface area contributed by atoms with Crippen LogP contribution in [-0.2, 0) is 27.2 Å². The minimum absolute atomic E-state index is 0.0180. The van der Waals surface area contributed by atoms with Crippen LogP contribution >= 0.6 is 0 Å². The van der Waals surface area contributed by atoms with Crippen molar-refractivity contribution in [2.45, 2.75) is 32.2 Å². The molecule has 0 saturated heterocycles. The van der Waals surface area contributed by atoms with Gasteiger partial charge in [-0.15, -0.1) is 0 Å². The van der Waals surface area contributed by atoms with E-state index in [2.05, 4.69) is 17.4 Å². The summed E-state index contributed by atoms with van der Waals surface area (Å²) in [6.45, 7) is 1.71. The third-order valence-electron chi connectivity index (χ3n) is 4.70. The van der Waals surface area contributed by atoms with Crippen molar-refractivity contribution in [1.82, 2.24) is 5.32 Å². The van der Waals surface area contributed by atoms with Gasteiger partial charge in [0.1, 0.15) is 0 Å². The second-order valence-corrected chi connectivity index (χ2v) is 6.97. The Balaban J connectivity index is 1.43. The number of amides is 1. The van der Waals surface area contributed by atoms with E-state index in [1.165, 1.54) is 5.56 Å². The Morgan fingerprint density at radius 3 is 2.46 bits per heavy atom. The summed E-state index contributed by atoms with van der Waals surface area (Å²) in [6, 6.07) is 23.9. The van der Waals surface area contributed by atoms with Gasteiger partial charge in [-0.25, -0.2) is 0 Å². The maximum Gasteiger partial charge on any atom is 0.310 e. The number of benzene rings is 3. The van der Waals surface area contributed by atoms with Gasteiger partial charge in [0.2, 0.25) is 0 Å². The predicted molar refractivity (Wildman–Crippen MR) is 111 cm³/mol. The summed E-state index contributed by atoms with van der Waals surface area (Å²) in [6.07, 6.45) is 1.88. The first-order valence-corrected chi connectivity index (χ1v) is 9.57. The second kappa shape index (κ2) is 9.70. The Labute approximate surface area is 165 Å². The van der Waals surface area contributed by atoms with E-state index in [4.69, 9.17) is 4.74 Å². The number of rotatable bonds is 8. The number of fused-ring (bicyclic) bond motifs is 1. The van der Waals surface area contributed by atoms with Crippen LogP contribution in [0.1, 0.15) is 24.5 Å². The molecule has 0 aliphatic heterocycles. The molecule has 1 N–H and O–H groups in total. The average Bonchev–Trinajstić information content (AvgIpc) is 2.72. The molecule has 3 rings (SSSR count). The number of nitrogens with one attached hydrogen (secondary N) is 1. The highest BCUT2D eigenvalue weighted by Crippen LogP contribution is 2.19. The zero-order chi connectivity index (χ0) is 19.8. The minimum Gasteiger partial charge on any atom is -0.455 e. The van der Waals surface area contributed by atoms with Crippen LogP contribution in [0, 0.1) is 0 Å². The number of aryl methyl sites for hydroxylation is 1. The molecule has 28 heavy (non-hydrogen) atoms. The van der Waals surface area contributed by atoms with Crippen molar-refractivity contribution in [3.63, 3.8) is 0 Å². The molecule has 3 aromatic rings. The van der Waals surface area contributed by atoms with Crippen LogP contribution in [-0.4, -0.2) is 24.5 Å². The fourth-order valence-corrected chi connectivity index (χ4v) is 3.22. The molecule has 0 fully saturated rings. The first kappa shape index (κ1) is 19.6. The number of hydrogen-bond donors (Lipinski definition) is 1. The molecule has 144 valence electrons. The standard InChI is InChI=1S/C24H25NO3/c1-18(14-15-19-8-3-2-4-9-19)25-23(26)17-28-24(27)16-21-12-7-11-20-10-5-6-13-22(20)21/h2-13,18H,14-17H2,1H3,(H,25,26)/t18-/m1/s1. The van der Waals surface area contributed by atoms with Crippen LogP contribution in [0.5, 0.6) is 0 Å². The fourth-order valence-electron chi connectivity index (χ4n) is 3.22. The van der Waals surface area contributed by atoms with E-state index < -0.39 is 5.97 Å². The van der Waals surface area contributed by atoms with Crippen molar-refractivity contribution >= 4 is 22.6 Å². The number of ether oxygens (including phenoxy) is 1. The highest BCUT2D eigenvalue weighted by atomic mass is 16.5. The lowest BCUT2D eigenvalue weighted by Crippen LogP contribution is -2.36. The smallest absolute Gasteiger partial charge is 0.310 e. The Kier molecular flexibility index (Phi) is 6.79. The Morgan fingerprint density at radius 2 is 1.64 bits per heavy atom. The van der Waals surface area contributed by atoms with E-state index >= 15 is 0 Å². The van der Waals surface area contributed by atoms with Crippen LogP contribution in [0.3, 0.4) is 0 Å². The first-order chi connectivity index (χ1) is 13.6. The zero-order valence-electron chi connectivity index (χ0n) is 16.1. The van der Waals surface area contributed by atoms with Gasteiger partial charge in [0.05, 0.1) is 6.42 Å². The van der Waals surface area contributed by atoms with Crippen molar-refractivity contribution in [3.8, 4) is 0 Å². The van der Waals surface area contributed by atoms with Gasteiger partial charge in [-0.05, 0) is 41.7 Å². The maximum atomic E-state index is 12.2. The van der Waals surface area contributed by atoms with Gasteiger partial charge in [-0.3, -0.25) is 9.59 Å². The lowest BCUT2D eigenvalue weighted by molar-refractivity contribution is -0.148. The van der Waals surface area contributed by atoms with Crippen molar-refractivity contribution in [2.75, 3.05) is 6.61 Å². The summed E-state index contributed by atoms with van der Waals surface area (Å²) in [4.78, 5) is 24.2. The van der Waals surface area contributed by atoms with E-state index in [0.717, 1.165) is 29.2 Å². The largest absolute Gasteiger partial charge is 0.455 e. The van der Waals surface area contributed by atoms with Gasteiger partial charge < -0.3 is 10.1 Å². The SMILES string of the molecule is C[C@H](CCc1ccccc1)NC(=O)COC(=O)Cc1cccc2ccccc12. The lowest BCUT2D eigenvalue weighted by Gasteiger charge is -2.14. The molecule has 1 amide bonds. The quantitative estimate of drug-likeness (QED) is 0.604. The zero-order valence-corrected chi connectivity index (χ0v) is 16.1. The van der Waals surface area contributed by atoms with Crippen LogP contribution in [0.4, 0.5) is 0 Å². The maximum absolute atomic E-state index is 12.2. The molecule has 0 aromatic heterocycles. The molecule has 0 aliphatic rings. The summed E-state index contributed by atoms with van der Waals surface area (Å²) in [5.41, 5.74) is 2.14. The van der Waals surface area contributed by atoms with E-state index in [9.17, 15) is 9.59 Å². The molecule has 0 aliphatic carbocycles. The molecule has 1 atom stereocenters. The first-order valence-electron chi connectivity index (χ1n) is 9.57. The summed E-state index contributed by atoms with van der Waals surface area (Å²) < 4.78 is 5.17. The van der Waals surface area contributed by atoms with Gasteiger partial charge in [0.25, 0.3) is 5.91 Å². The highest BCUT2D eigenvalue weighted by Gasteiger charge is 2.12. The van der Waals surface area contributed by atoms with Gasteiger partial charge >= 0.3 is 5.97 Å². The van der Waals surface area contributed by atoms with Gasteiger partial charge in [-0.2, -0.15) is 0 Å². The van der Waals surface area contributed by atoms with Gasteiger partial charge in [0, 0.05) is 6.04 Å². The molecular formula is C24H25NO3. The number of esters is 1. The van der Waals surface area contributed by atoms with E-state index in [-0.39, 0.29) is 25.0 Å². The summed E-state index contributed by atoms with van der Waals surface area (Å²) in [7, 11) is 0. The normalized spacial score (nSPS) is 11.8. The van der Waals surface area contributed by atoms with E-state index in [1.54, 1.807) is 0 Å². The van der Waals surface area contributed by atoms with Crippen LogP contribution in [0.25, 0.3) is 10.8 Å². The molecule has 0 unspecified atom stereocenters. The molecule has 0 heterocycles. The molecule has 0 bridgehead atoms. The van der Waals surface area contributed by atoms with Crippen LogP contribution < -0.4 is 5.32 Å². The lowest BCUT2D eigenvalue weighted by atomic mass is 10.0. The number of carbonyl (C=O) groups excluding carboxylic acids is 2. The molecule has 0 saturated carbocycles. The van der Waals surface area contributed by atoms with E-state index in [0.29, 0.717) is 0 Å². The van der Waals surface area contributed by atoms with Gasteiger partial charge in [0.15, 0.2) is 6.61 Å². The molecular weight excluding hydrogens is 350 g/mol. The Bertz CT molecular complexity index is 931. The summed E-state index contributed by atoms with van der Waals surface area (Å²) in [5, 5.41) is 4.99. The molecule has 4 heteroatoms. The Hall–Kier alpha value is -3.14. The van der Waals surface area contributed by atoms with Crippen molar-refractivity contribution in [1.29, 1.82) is 0 Å². The topological polar surface area (TPSA) is 55.4 Å².